The molecule has 2 N–H and O–H groups in total. The fourth-order valence-corrected chi connectivity index (χ4v) is 2.78. The van der Waals surface area contributed by atoms with Crippen LogP contribution >= 0.6 is 0 Å². The zero-order chi connectivity index (χ0) is 15.6. The Labute approximate surface area is 134 Å². The lowest BCUT2D eigenvalue weighted by Gasteiger charge is -2.27. The van der Waals surface area contributed by atoms with Crippen LogP contribution in [0, 0.1) is 0 Å². The predicted octanol–water partition coefficient (Wildman–Crippen LogP) is -0.176. The first-order chi connectivity index (χ1) is 10.8. The smallest absolute Gasteiger partial charge is 0.161 e. The van der Waals surface area contributed by atoms with Crippen LogP contribution in [0.2, 0.25) is 0 Å². The summed E-state index contributed by atoms with van der Waals surface area (Å²) in [5.41, 5.74) is 0. The minimum Gasteiger partial charge on any atom is -0.490 e. The third kappa shape index (κ3) is 5.70. The minimum atomic E-state index is 0.509. The van der Waals surface area contributed by atoms with E-state index in [-0.39, 0.29) is 0 Å². The van der Waals surface area contributed by atoms with Crippen LogP contribution in [0.15, 0.2) is 36.9 Å². The highest BCUT2D eigenvalue weighted by Crippen LogP contribution is 2.26. The average molecular weight is 306 g/mol. The fourth-order valence-electron chi connectivity index (χ4n) is 2.78. The molecule has 1 aliphatic heterocycles. The normalized spacial score (nSPS) is 21.3. The van der Waals surface area contributed by atoms with E-state index in [9.17, 15) is 0 Å². The van der Waals surface area contributed by atoms with Crippen LogP contribution in [0.5, 0.6) is 11.5 Å². The number of hydrogen-bond donors (Lipinski definition) is 2. The number of quaternary nitrogens is 2. The van der Waals surface area contributed by atoms with Crippen molar-refractivity contribution < 1.29 is 19.3 Å². The molecule has 2 rings (SSSR count). The number of rotatable bonds is 9. The first kappa shape index (κ1) is 16.8. The molecule has 1 saturated heterocycles. The Morgan fingerprint density at radius 2 is 1.73 bits per heavy atom. The van der Waals surface area contributed by atoms with Crippen molar-refractivity contribution in [2.45, 2.75) is 12.8 Å². The van der Waals surface area contributed by atoms with Gasteiger partial charge in [-0.15, -0.1) is 0 Å². The molecule has 4 heteroatoms. The lowest BCUT2D eigenvalue weighted by atomic mass is 10.2. The van der Waals surface area contributed by atoms with E-state index in [1.807, 2.05) is 24.3 Å². The Hall–Kier alpha value is -1.52. The molecule has 0 unspecified atom stereocenters. The van der Waals surface area contributed by atoms with Gasteiger partial charge in [0.2, 0.25) is 0 Å². The molecule has 0 amide bonds. The Balaban J connectivity index is 1.63. The molecule has 0 atom stereocenters. The Morgan fingerprint density at radius 1 is 1.05 bits per heavy atom. The molecule has 22 heavy (non-hydrogen) atoms. The summed E-state index contributed by atoms with van der Waals surface area (Å²) in [7, 11) is 2.29. The van der Waals surface area contributed by atoms with E-state index in [2.05, 4.69) is 13.6 Å². The number of benzene rings is 1. The molecular formula is C18H30N2O2+2. The summed E-state index contributed by atoms with van der Waals surface area (Å²) in [5.74, 6) is 1.63. The van der Waals surface area contributed by atoms with Crippen LogP contribution in [0.4, 0.5) is 0 Å². The molecule has 1 aromatic rings. The maximum atomic E-state index is 5.87. The quantitative estimate of drug-likeness (QED) is 0.489. The van der Waals surface area contributed by atoms with Crippen LogP contribution in [0.1, 0.15) is 12.8 Å². The second-order valence-corrected chi connectivity index (χ2v) is 6.06. The van der Waals surface area contributed by atoms with Crippen LogP contribution < -0.4 is 19.3 Å². The van der Waals surface area contributed by atoms with Crippen molar-refractivity contribution in [2.24, 2.45) is 0 Å². The van der Waals surface area contributed by atoms with E-state index in [0.29, 0.717) is 6.61 Å². The van der Waals surface area contributed by atoms with E-state index in [1.54, 1.807) is 15.9 Å². The maximum Gasteiger partial charge on any atom is 0.161 e. The highest BCUT2D eigenvalue weighted by atomic mass is 16.5. The second kappa shape index (κ2) is 9.49. The van der Waals surface area contributed by atoms with Gasteiger partial charge >= 0.3 is 0 Å². The number of nitrogens with one attached hydrogen (secondary N) is 2. The molecule has 0 saturated carbocycles. The van der Waals surface area contributed by atoms with E-state index < -0.39 is 0 Å². The SMILES string of the molecule is C=CCOc1ccccc1OCCCC[NH+]1CC[NH+](C)CC1. The van der Waals surface area contributed by atoms with Gasteiger partial charge in [-0.2, -0.15) is 0 Å². The van der Waals surface area contributed by atoms with Crippen molar-refractivity contribution in [1.29, 1.82) is 0 Å². The summed E-state index contributed by atoms with van der Waals surface area (Å²) in [6.45, 7) is 11.4. The van der Waals surface area contributed by atoms with Gasteiger partial charge < -0.3 is 19.3 Å². The number of ether oxygens (including phenoxy) is 2. The maximum absolute atomic E-state index is 5.87. The molecule has 0 spiro atoms. The summed E-state index contributed by atoms with van der Waals surface area (Å²) < 4.78 is 11.5. The zero-order valence-electron chi connectivity index (χ0n) is 13.8. The molecule has 0 aromatic heterocycles. The van der Waals surface area contributed by atoms with Crippen molar-refractivity contribution in [3.8, 4) is 11.5 Å². The van der Waals surface area contributed by atoms with Gasteiger partial charge in [-0.3, -0.25) is 0 Å². The molecule has 0 bridgehead atoms. The minimum absolute atomic E-state index is 0.509. The number of unbranched alkanes of at least 4 members (excludes halogenated alkanes) is 1. The van der Waals surface area contributed by atoms with Crippen LogP contribution in [0.3, 0.4) is 0 Å². The second-order valence-electron chi connectivity index (χ2n) is 6.06. The Morgan fingerprint density at radius 3 is 2.41 bits per heavy atom. The fraction of sp³-hybridized carbons (Fsp3) is 0.556. The third-order valence-electron chi connectivity index (χ3n) is 4.20. The average Bonchev–Trinajstić information content (AvgIpc) is 2.55. The van der Waals surface area contributed by atoms with Gasteiger partial charge in [0.1, 0.15) is 32.8 Å². The van der Waals surface area contributed by atoms with Gasteiger partial charge in [-0.25, -0.2) is 0 Å². The first-order valence-corrected chi connectivity index (χ1v) is 8.40. The number of likely N-dealkylation sites (N-methyl/N-ethyl adjacent to an activating group) is 1. The molecule has 1 heterocycles. The lowest BCUT2D eigenvalue weighted by Crippen LogP contribution is -3.27. The van der Waals surface area contributed by atoms with Gasteiger partial charge in [0.15, 0.2) is 11.5 Å². The van der Waals surface area contributed by atoms with Crippen molar-refractivity contribution in [2.75, 3.05) is 53.0 Å². The molecule has 0 radical (unpaired) electrons. The van der Waals surface area contributed by atoms with E-state index >= 15 is 0 Å². The highest BCUT2D eigenvalue weighted by Gasteiger charge is 2.18. The van der Waals surface area contributed by atoms with Gasteiger partial charge in [-0.1, -0.05) is 24.8 Å². The Bertz CT molecular complexity index is 442. The molecule has 1 aromatic carbocycles. The molecule has 122 valence electrons. The van der Waals surface area contributed by atoms with Gasteiger partial charge in [0.05, 0.1) is 20.2 Å². The number of piperazine rings is 1. The summed E-state index contributed by atoms with van der Waals surface area (Å²) in [6.07, 6.45) is 4.07. The van der Waals surface area contributed by atoms with E-state index in [1.165, 1.54) is 39.1 Å². The zero-order valence-corrected chi connectivity index (χ0v) is 13.8. The standard InChI is InChI=1S/C18H28N2O2/c1-3-15-21-17-8-4-5-9-18(17)22-16-7-6-10-20-13-11-19(2)12-14-20/h3-5,8-9H,1,6-7,10-16H2,2H3/p+2. The Kier molecular flexibility index (Phi) is 7.26. The van der Waals surface area contributed by atoms with Crippen molar-refractivity contribution in [3.05, 3.63) is 36.9 Å². The summed E-state index contributed by atoms with van der Waals surface area (Å²) in [5, 5.41) is 0. The lowest BCUT2D eigenvalue weighted by molar-refractivity contribution is -1.00. The summed E-state index contributed by atoms with van der Waals surface area (Å²) >= 11 is 0. The predicted molar refractivity (Wildman–Crippen MR) is 89.0 cm³/mol. The topological polar surface area (TPSA) is 27.3 Å². The summed E-state index contributed by atoms with van der Waals surface area (Å²) in [4.78, 5) is 3.42. The molecular weight excluding hydrogens is 276 g/mol. The van der Waals surface area contributed by atoms with Crippen LogP contribution in [0.25, 0.3) is 0 Å². The largest absolute Gasteiger partial charge is 0.490 e. The van der Waals surface area contributed by atoms with Gasteiger partial charge in [0.25, 0.3) is 0 Å². The highest BCUT2D eigenvalue weighted by molar-refractivity contribution is 5.39. The molecule has 1 fully saturated rings. The van der Waals surface area contributed by atoms with Crippen molar-refractivity contribution in [1.82, 2.24) is 0 Å². The molecule has 1 aliphatic rings. The van der Waals surface area contributed by atoms with Crippen molar-refractivity contribution >= 4 is 0 Å². The first-order valence-electron chi connectivity index (χ1n) is 8.40. The number of para-hydroxylation sites is 2. The third-order valence-corrected chi connectivity index (χ3v) is 4.20. The van der Waals surface area contributed by atoms with Crippen LogP contribution in [-0.2, 0) is 0 Å². The van der Waals surface area contributed by atoms with Gasteiger partial charge in [0, 0.05) is 0 Å². The van der Waals surface area contributed by atoms with E-state index in [0.717, 1.165) is 24.5 Å². The summed E-state index contributed by atoms with van der Waals surface area (Å²) in [6, 6.07) is 7.85. The monoisotopic (exact) mass is 306 g/mol. The molecule has 0 aliphatic carbocycles. The van der Waals surface area contributed by atoms with E-state index in [4.69, 9.17) is 9.47 Å². The number of hydrogen-bond acceptors (Lipinski definition) is 2. The molecule has 4 nitrogen and oxygen atoms in total. The van der Waals surface area contributed by atoms with Gasteiger partial charge in [-0.05, 0) is 25.0 Å². The van der Waals surface area contributed by atoms with Crippen molar-refractivity contribution in [3.63, 3.8) is 0 Å². The van der Waals surface area contributed by atoms with Crippen LogP contribution in [-0.4, -0.2) is 53.0 Å².